The Morgan fingerprint density at radius 2 is 2.17 bits per heavy atom. The minimum absolute atomic E-state index is 0.353. The van der Waals surface area contributed by atoms with E-state index in [4.69, 9.17) is 15.2 Å². The summed E-state index contributed by atoms with van der Waals surface area (Å²) in [6.45, 7) is 5.00. The van der Waals surface area contributed by atoms with Gasteiger partial charge < -0.3 is 15.2 Å². The van der Waals surface area contributed by atoms with Gasteiger partial charge in [-0.15, -0.1) is 0 Å². The fourth-order valence-corrected chi connectivity index (χ4v) is 2.81. The average molecular weight is 248 g/mol. The third-order valence-electron chi connectivity index (χ3n) is 3.88. The van der Waals surface area contributed by atoms with Gasteiger partial charge in [0, 0.05) is 37.2 Å². The van der Waals surface area contributed by atoms with Gasteiger partial charge in [0.2, 0.25) is 0 Å². The molecule has 2 aliphatic heterocycles. The molecule has 1 saturated heterocycles. The zero-order chi connectivity index (χ0) is 12.4. The molecule has 0 aromatic heterocycles. The Morgan fingerprint density at radius 3 is 3.06 bits per heavy atom. The first-order chi connectivity index (χ1) is 8.88. The van der Waals surface area contributed by atoms with Crippen LogP contribution >= 0.6 is 0 Å². The van der Waals surface area contributed by atoms with Crippen LogP contribution in [0.25, 0.3) is 0 Å². The minimum atomic E-state index is 0.353. The highest BCUT2D eigenvalue weighted by Gasteiger charge is 2.29. The minimum Gasteiger partial charge on any atom is -0.493 e. The second kappa shape index (κ2) is 5.26. The quantitative estimate of drug-likeness (QED) is 0.860. The number of rotatable bonds is 3. The zero-order valence-electron chi connectivity index (χ0n) is 10.5. The monoisotopic (exact) mass is 248 g/mol. The van der Waals surface area contributed by atoms with Crippen LogP contribution in [-0.2, 0) is 4.74 Å². The number of para-hydroxylation sites is 1. The van der Waals surface area contributed by atoms with Gasteiger partial charge in [0.25, 0.3) is 0 Å². The zero-order valence-corrected chi connectivity index (χ0v) is 10.5. The lowest BCUT2D eigenvalue weighted by atomic mass is 10.00. The maximum atomic E-state index is 5.81. The van der Waals surface area contributed by atoms with Crippen LogP contribution in [0.15, 0.2) is 24.3 Å². The van der Waals surface area contributed by atoms with E-state index in [9.17, 15) is 0 Å². The van der Waals surface area contributed by atoms with Crippen molar-refractivity contribution in [3.8, 4) is 5.75 Å². The molecule has 0 amide bonds. The van der Waals surface area contributed by atoms with Crippen LogP contribution in [0.1, 0.15) is 11.5 Å². The molecule has 1 aromatic carbocycles. The Balaban J connectivity index is 1.70. The van der Waals surface area contributed by atoms with Crippen LogP contribution in [0.2, 0.25) is 0 Å². The predicted octanol–water partition coefficient (Wildman–Crippen LogP) is 0.822. The fourth-order valence-electron chi connectivity index (χ4n) is 2.81. The van der Waals surface area contributed by atoms with Crippen molar-refractivity contribution in [1.82, 2.24) is 4.90 Å². The van der Waals surface area contributed by atoms with E-state index in [0.717, 1.165) is 38.7 Å². The highest BCUT2D eigenvalue weighted by molar-refractivity contribution is 5.39. The summed E-state index contributed by atoms with van der Waals surface area (Å²) in [7, 11) is 0. The van der Waals surface area contributed by atoms with E-state index in [1.165, 1.54) is 5.56 Å². The molecule has 0 saturated carbocycles. The molecule has 0 radical (unpaired) electrons. The van der Waals surface area contributed by atoms with Gasteiger partial charge in [0.15, 0.2) is 0 Å². The van der Waals surface area contributed by atoms with Crippen molar-refractivity contribution in [2.75, 3.05) is 39.5 Å². The summed E-state index contributed by atoms with van der Waals surface area (Å²) in [5.74, 6) is 1.51. The number of ether oxygens (including phenoxy) is 2. The van der Waals surface area contributed by atoms with Crippen molar-refractivity contribution < 1.29 is 9.47 Å². The Bertz CT molecular complexity index is 411. The van der Waals surface area contributed by atoms with Gasteiger partial charge in [-0.05, 0) is 6.07 Å². The summed E-state index contributed by atoms with van der Waals surface area (Å²) >= 11 is 0. The molecule has 2 unspecified atom stereocenters. The first kappa shape index (κ1) is 12.0. The molecule has 4 nitrogen and oxygen atoms in total. The van der Waals surface area contributed by atoms with Crippen LogP contribution in [0.3, 0.4) is 0 Å². The number of nitrogens with two attached hydrogens (primary N) is 1. The van der Waals surface area contributed by atoms with Crippen LogP contribution in [0, 0.1) is 0 Å². The van der Waals surface area contributed by atoms with Crippen molar-refractivity contribution >= 4 is 0 Å². The molecule has 0 spiro atoms. The summed E-state index contributed by atoms with van der Waals surface area (Å²) in [6, 6.07) is 8.69. The number of fused-ring (bicyclic) bond motifs is 1. The highest BCUT2D eigenvalue weighted by Crippen LogP contribution is 2.34. The largest absolute Gasteiger partial charge is 0.493 e. The van der Waals surface area contributed by atoms with Gasteiger partial charge in [0.1, 0.15) is 5.75 Å². The molecule has 2 aliphatic rings. The number of nitrogens with zero attached hydrogens (tertiary/aromatic N) is 1. The van der Waals surface area contributed by atoms with E-state index >= 15 is 0 Å². The molecule has 1 aromatic rings. The molecule has 2 atom stereocenters. The Labute approximate surface area is 108 Å². The molecular formula is C14H20N2O2. The van der Waals surface area contributed by atoms with E-state index in [1.807, 2.05) is 6.07 Å². The van der Waals surface area contributed by atoms with Crippen molar-refractivity contribution in [2.45, 2.75) is 12.0 Å². The molecule has 98 valence electrons. The summed E-state index contributed by atoms with van der Waals surface area (Å²) < 4.78 is 11.2. The molecule has 0 aliphatic carbocycles. The van der Waals surface area contributed by atoms with Crippen molar-refractivity contribution in [2.24, 2.45) is 5.73 Å². The fraction of sp³-hybridized carbons (Fsp3) is 0.571. The SMILES string of the molecule is NCC1COCCN1CC1COc2ccccc21. The third kappa shape index (κ3) is 2.23. The van der Waals surface area contributed by atoms with Gasteiger partial charge in [-0.2, -0.15) is 0 Å². The average Bonchev–Trinajstić information content (AvgIpc) is 2.83. The third-order valence-corrected chi connectivity index (χ3v) is 3.88. The molecule has 18 heavy (non-hydrogen) atoms. The van der Waals surface area contributed by atoms with Crippen molar-refractivity contribution in [3.05, 3.63) is 29.8 Å². The van der Waals surface area contributed by atoms with Crippen LogP contribution < -0.4 is 10.5 Å². The molecule has 0 bridgehead atoms. The molecule has 1 fully saturated rings. The van der Waals surface area contributed by atoms with Crippen LogP contribution in [-0.4, -0.2) is 50.4 Å². The molecule has 4 heteroatoms. The van der Waals surface area contributed by atoms with E-state index in [2.05, 4.69) is 23.1 Å². The summed E-state index contributed by atoms with van der Waals surface area (Å²) in [5.41, 5.74) is 7.14. The lowest BCUT2D eigenvalue weighted by molar-refractivity contribution is -0.00724. The Kier molecular flexibility index (Phi) is 3.50. The van der Waals surface area contributed by atoms with Crippen molar-refractivity contribution in [3.63, 3.8) is 0 Å². The first-order valence-electron chi connectivity index (χ1n) is 6.62. The molecule has 2 N–H and O–H groups in total. The molecule has 3 rings (SSSR count). The van der Waals surface area contributed by atoms with Crippen LogP contribution in [0.5, 0.6) is 5.75 Å². The normalized spacial score (nSPS) is 27.8. The predicted molar refractivity (Wildman–Crippen MR) is 69.9 cm³/mol. The molecule has 2 heterocycles. The molecular weight excluding hydrogens is 228 g/mol. The van der Waals surface area contributed by atoms with E-state index in [1.54, 1.807) is 0 Å². The van der Waals surface area contributed by atoms with E-state index in [-0.39, 0.29) is 0 Å². The van der Waals surface area contributed by atoms with Gasteiger partial charge >= 0.3 is 0 Å². The number of benzene rings is 1. The summed E-state index contributed by atoms with van der Waals surface area (Å²) in [5, 5.41) is 0. The maximum absolute atomic E-state index is 5.81. The highest BCUT2D eigenvalue weighted by atomic mass is 16.5. The Hall–Kier alpha value is -1.10. The second-order valence-electron chi connectivity index (χ2n) is 5.01. The van der Waals surface area contributed by atoms with E-state index < -0.39 is 0 Å². The lowest BCUT2D eigenvalue weighted by Gasteiger charge is -2.36. The number of hydrogen-bond acceptors (Lipinski definition) is 4. The van der Waals surface area contributed by atoms with E-state index in [0.29, 0.717) is 18.5 Å². The van der Waals surface area contributed by atoms with Crippen LogP contribution in [0.4, 0.5) is 0 Å². The summed E-state index contributed by atoms with van der Waals surface area (Å²) in [6.07, 6.45) is 0. The second-order valence-corrected chi connectivity index (χ2v) is 5.01. The van der Waals surface area contributed by atoms with Crippen molar-refractivity contribution in [1.29, 1.82) is 0 Å². The van der Waals surface area contributed by atoms with Gasteiger partial charge in [-0.1, -0.05) is 18.2 Å². The van der Waals surface area contributed by atoms with Gasteiger partial charge in [0.05, 0.1) is 19.8 Å². The van der Waals surface area contributed by atoms with Gasteiger partial charge in [-0.3, -0.25) is 4.90 Å². The summed E-state index contributed by atoms with van der Waals surface area (Å²) in [4.78, 5) is 2.44. The number of hydrogen-bond donors (Lipinski definition) is 1. The first-order valence-corrected chi connectivity index (χ1v) is 6.62. The smallest absolute Gasteiger partial charge is 0.122 e. The topological polar surface area (TPSA) is 47.7 Å². The van der Waals surface area contributed by atoms with Gasteiger partial charge in [-0.25, -0.2) is 0 Å². The Morgan fingerprint density at radius 1 is 1.28 bits per heavy atom. The lowest BCUT2D eigenvalue weighted by Crippen LogP contribution is -2.50. The standard InChI is InChI=1S/C14H20N2O2/c15-7-12-10-17-6-5-16(12)8-11-9-18-14-4-2-1-3-13(11)14/h1-4,11-12H,5-10,15H2. The number of morpholine rings is 1. The maximum Gasteiger partial charge on any atom is 0.122 e.